The van der Waals surface area contributed by atoms with Gasteiger partial charge in [0.2, 0.25) is 0 Å². The number of methoxy groups -OCH3 is 1. The van der Waals surface area contributed by atoms with Gasteiger partial charge in [0.1, 0.15) is 25.1 Å². The van der Waals surface area contributed by atoms with Gasteiger partial charge in [-0.2, -0.15) is 0 Å². The topological polar surface area (TPSA) is 63.2 Å². The van der Waals surface area contributed by atoms with E-state index in [0.29, 0.717) is 6.61 Å². The van der Waals surface area contributed by atoms with Crippen LogP contribution in [0.4, 0.5) is 0 Å². The first-order valence-electron chi connectivity index (χ1n) is 12.8. The van der Waals surface area contributed by atoms with E-state index in [1.807, 2.05) is 67.6 Å². The number of hydrogen-bond acceptors (Lipinski definition) is 6. The third-order valence-corrected chi connectivity index (χ3v) is 11.1. The van der Waals surface area contributed by atoms with Crippen molar-refractivity contribution in [2.45, 2.75) is 77.4 Å². The van der Waals surface area contributed by atoms with Crippen LogP contribution in [0.2, 0.25) is 18.1 Å². The Morgan fingerprint density at radius 1 is 0.892 bits per heavy atom. The van der Waals surface area contributed by atoms with E-state index in [0.717, 1.165) is 11.1 Å². The maximum atomic E-state index is 13.9. The quantitative estimate of drug-likeness (QED) is 0.144. The zero-order valence-electron chi connectivity index (χ0n) is 23.4. The normalized spacial score (nSPS) is 15.0. The molecule has 37 heavy (non-hydrogen) atoms. The summed E-state index contributed by atoms with van der Waals surface area (Å²) in [6.45, 7) is 13.6. The predicted octanol–water partition coefficient (Wildman–Crippen LogP) is 6.31. The molecule has 2 aromatic rings. The smallest absolute Gasteiger partial charge is 0.196 e. The minimum atomic E-state index is -2.12. The van der Waals surface area contributed by atoms with Crippen molar-refractivity contribution < 1.29 is 28.2 Å². The van der Waals surface area contributed by atoms with Crippen LogP contribution < -0.4 is 0 Å². The molecule has 2 aromatic carbocycles. The lowest BCUT2D eigenvalue weighted by Gasteiger charge is -2.38. The summed E-state index contributed by atoms with van der Waals surface area (Å²) in [5.74, 6) is -0.233. The van der Waals surface area contributed by atoms with Gasteiger partial charge in [-0.05, 0) is 36.2 Å². The van der Waals surface area contributed by atoms with Crippen molar-refractivity contribution in [1.29, 1.82) is 0 Å². The van der Waals surface area contributed by atoms with Crippen molar-refractivity contribution in [3.8, 4) is 0 Å². The average Bonchev–Trinajstić information content (AvgIpc) is 2.88. The standard InChI is InChI=1S/C30H44O6Si/c1-8-15-26(35-23-32-5)28(31)29(34-21-25-18-13-10-14-19-25)27(22-36-37(6,7)30(2,3)4)33-20-24-16-11-9-12-17-24/h8-19,26-27,29H,20-23H2,1-7H3/b15-8+/t26-,27-,29+/m0/s1. The van der Waals surface area contributed by atoms with E-state index in [9.17, 15) is 4.79 Å². The molecule has 3 atom stereocenters. The molecule has 0 saturated carbocycles. The second-order valence-electron chi connectivity index (χ2n) is 10.5. The maximum absolute atomic E-state index is 13.9. The van der Waals surface area contributed by atoms with E-state index in [1.54, 1.807) is 12.2 Å². The summed E-state index contributed by atoms with van der Waals surface area (Å²) in [5, 5.41) is 0.0104. The molecule has 0 fully saturated rings. The first-order valence-corrected chi connectivity index (χ1v) is 15.7. The lowest BCUT2D eigenvalue weighted by Crippen LogP contribution is -2.49. The first kappa shape index (κ1) is 31.1. The highest BCUT2D eigenvalue weighted by Crippen LogP contribution is 2.37. The molecule has 0 saturated heterocycles. The Kier molecular flexibility index (Phi) is 12.9. The van der Waals surface area contributed by atoms with E-state index in [1.165, 1.54) is 7.11 Å². The first-order chi connectivity index (χ1) is 17.6. The molecule has 0 aliphatic rings. The van der Waals surface area contributed by atoms with Crippen LogP contribution in [0.1, 0.15) is 38.8 Å². The average molecular weight is 529 g/mol. The van der Waals surface area contributed by atoms with E-state index in [4.69, 9.17) is 23.4 Å². The Balaban J connectivity index is 2.37. The van der Waals surface area contributed by atoms with Crippen molar-refractivity contribution in [3.05, 3.63) is 83.9 Å². The van der Waals surface area contributed by atoms with Gasteiger partial charge in [0.05, 0.1) is 19.8 Å². The Morgan fingerprint density at radius 2 is 1.43 bits per heavy atom. The van der Waals surface area contributed by atoms with Crippen LogP contribution >= 0.6 is 0 Å². The molecule has 0 heterocycles. The number of carbonyl (C=O) groups is 1. The van der Waals surface area contributed by atoms with Gasteiger partial charge in [-0.1, -0.05) is 93.6 Å². The summed E-state index contributed by atoms with van der Waals surface area (Å²) < 4.78 is 30.0. The molecule has 204 valence electrons. The zero-order chi connectivity index (χ0) is 27.3. The molecule has 0 aromatic heterocycles. The van der Waals surface area contributed by atoms with Crippen LogP contribution in [0.5, 0.6) is 0 Å². The third-order valence-electron chi connectivity index (χ3n) is 6.63. The van der Waals surface area contributed by atoms with Gasteiger partial charge < -0.3 is 23.4 Å². The maximum Gasteiger partial charge on any atom is 0.196 e. The fourth-order valence-corrected chi connectivity index (χ4v) is 4.36. The molecule has 0 unspecified atom stereocenters. The Hall–Kier alpha value is -2.13. The highest BCUT2D eigenvalue weighted by atomic mass is 28.4. The molecule has 0 amide bonds. The highest BCUT2D eigenvalue weighted by Gasteiger charge is 2.40. The number of Topliss-reactive ketones (excluding diaryl/α,β-unsaturated/α-hetero) is 1. The second kappa shape index (κ2) is 15.3. The van der Waals surface area contributed by atoms with Crippen molar-refractivity contribution in [1.82, 2.24) is 0 Å². The number of allylic oxidation sites excluding steroid dienone is 1. The van der Waals surface area contributed by atoms with Crippen LogP contribution in [-0.2, 0) is 41.4 Å². The summed E-state index contributed by atoms with van der Waals surface area (Å²) >= 11 is 0. The van der Waals surface area contributed by atoms with Gasteiger partial charge in [-0.15, -0.1) is 0 Å². The van der Waals surface area contributed by atoms with Crippen molar-refractivity contribution in [2.24, 2.45) is 0 Å². The Labute approximate surface area is 224 Å². The van der Waals surface area contributed by atoms with Crippen LogP contribution in [0.15, 0.2) is 72.8 Å². The van der Waals surface area contributed by atoms with Crippen LogP contribution in [0.3, 0.4) is 0 Å². The van der Waals surface area contributed by atoms with Gasteiger partial charge >= 0.3 is 0 Å². The van der Waals surface area contributed by atoms with Crippen molar-refractivity contribution in [3.63, 3.8) is 0 Å². The summed E-state index contributed by atoms with van der Waals surface area (Å²) in [7, 11) is -0.592. The van der Waals surface area contributed by atoms with E-state index in [2.05, 4.69) is 33.9 Å². The molecular formula is C30H44O6Si. The van der Waals surface area contributed by atoms with E-state index < -0.39 is 26.6 Å². The SMILES string of the molecule is C/C=C/[C@H](OCOC)C(=O)[C@H](OCc1ccccc1)[C@H](CO[Si](C)(C)C(C)(C)C)OCc1ccccc1. The van der Waals surface area contributed by atoms with Gasteiger partial charge in [0, 0.05) is 7.11 Å². The summed E-state index contributed by atoms with van der Waals surface area (Å²) in [6.07, 6.45) is 1.12. The van der Waals surface area contributed by atoms with Gasteiger partial charge in [0.15, 0.2) is 14.1 Å². The predicted molar refractivity (Wildman–Crippen MR) is 150 cm³/mol. The number of rotatable bonds is 16. The Bertz CT molecular complexity index is 940. The number of hydrogen-bond donors (Lipinski definition) is 0. The van der Waals surface area contributed by atoms with Crippen molar-refractivity contribution >= 4 is 14.1 Å². The summed E-state index contributed by atoms with van der Waals surface area (Å²) in [5.41, 5.74) is 1.97. The van der Waals surface area contributed by atoms with Gasteiger partial charge in [-0.25, -0.2) is 0 Å². The summed E-state index contributed by atoms with van der Waals surface area (Å²) in [6, 6.07) is 19.7. The minimum Gasteiger partial charge on any atom is -0.414 e. The largest absolute Gasteiger partial charge is 0.414 e. The molecule has 0 aliphatic heterocycles. The molecule has 0 spiro atoms. The molecule has 6 nitrogen and oxygen atoms in total. The molecular weight excluding hydrogens is 484 g/mol. The lowest BCUT2D eigenvalue weighted by molar-refractivity contribution is -0.162. The number of carbonyl (C=O) groups excluding carboxylic acids is 1. The molecule has 0 radical (unpaired) electrons. The van der Waals surface area contributed by atoms with E-state index >= 15 is 0 Å². The molecule has 7 heteroatoms. The summed E-state index contributed by atoms with van der Waals surface area (Å²) in [4.78, 5) is 13.9. The minimum absolute atomic E-state index is 0.0104. The fraction of sp³-hybridized carbons (Fsp3) is 0.500. The van der Waals surface area contributed by atoms with Crippen LogP contribution in [-0.4, -0.2) is 52.9 Å². The van der Waals surface area contributed by atoms with Crippen LogP contribution in [0.25, 0.3) is 0 Å². The van der Waals surface area contributed by atoms with Gasteiger partial charge in [-0.3, -0.25) is 4.79 Å². The molecule has 0 N–H and O–H groups in total. The highest BCUT2D eigenvalue weighted by molar-refractivity contribution is 6.74. The molecule has 0 bridgehead atoms. The zero-order valence-corrected chi connectivity index (χ0v) is 24.4. The van der Waals surface area contributed by atoms with Crippen molar-refractivity contribution in [2.75, 3.05) is 20.5 Å². The lowest BCUT2D eigenvalue weighted by atomic mass is 10.0. The number of ether oxygens (including phenoxy) is 4. The van der Waals surface area contributed by atoms with Gasteiger partial charge in [0.25, 0.3) is 0 Å². The fourth-order valence-electron chi connectivity index (χ4n) is 3.35. The van der Waals surface area contributed by atoms with Crippen LogP contribution in [0, 0.1) is 0 Å². The molecule has 0 aliphatic carbocycles. The third kappa shape index (κ3) is 10.3. The number of ketones is 1. The number of benzene rings is 2. The van der Waals surface area contributed by atoms with E-state index in [-0.39, 0.29) is 30.8 Å². The Morgan fingerprint density at radius 3 is 1.92 bits per heavy atom. The monoisotopic (exact) mass is 528 g/mol. The second-order valence-corrected chi connectivity index (χ2v) is 15.4. The molecule has 2 rings (SSSR count).